The number of pyridine rings is 1. The van der Waals surface area contributed by atoms with Gasteiger partial charge in [-0.3, -0.25) is 4.98 Å². The molecule has 1 aromatic carbocycles. The topological polar surface area (TPSA) is 24.9 Å². The van der Waals surface area contributed by atoms with Crippen molar-refractivity contribution in [2.24, 2.45) is 0 Å². The number of nitrogens with zero attached hydrogens (tertiary/aromatic N) is 1. The van der Waals surface area contributed by atoms with Gasteiger partial charge in [-0.1, -0.05) is 36.2 Å². The Morgan fingerprint density at radius 3 is 2.21 bits per heavy atom. The molecule has 1 N–H and O–H groups in total. The van der Waals surface area contributed by atoms with Gasteiger partial charge in [0.1, 0.15) is 0 Å². The van der Waals surface area contributed by atoms with Crippen LogP contribution in [0.5, 0.6) is 0 Å². The lowest BCUT2D eigenvalue weighted by Crippen LogP contribution is -2.23. The molecule has 0 aliphatic carbocycles. The van der Waals surface area contributed by atoms with E-state index in [0.717, 1.165) is 13.0 Å². The number of aryl methyl sites for hydroxylation is 2. The highest BCUT2D eigenvalue weighted by Gasteiger charge is 2.13. The van der Waals surface area contributed by atoms with Crippen LogP contribution in [-0.4, -0.2) is 11.5 Å². The molecule has 0 aliphatic rings. The summed E-state index contributed by atoms with van der Waals surface area (Å²) in [5, 5.41) is 3.63. The first-order chi connectivity index (χ1) is 9.20. The maximum atomic E-state index is 4.11. The summed E-state index contributed by atoms with van der Waals surface area (Å²) in [6, 6.07) is 11.2. The second kappa shape index (κ2) is 6.48. The largest absolute Gasteiger partial charge is 0.306 e. The molecule has 0 aliphatic heterocycles. The van der Waals surface area contributed by atoms with Crippen LogP contribution in [0.4, 0.5) is 0 Å². The molecule has 0 amide bonds. The second-order valence-corrected chi connectivity index (χ2v) is 5.09. The lowest BCUT2D eigenvalue weighted by atomic mass is 9.96. The highest BCUT2D eigenvalue weighted by Crippen LogP contribution is 2.23. The Labute approximate surface area is 115 Å². The summed E-state index contributed by atoms with van der Waals surface area (Å²) in [7, 11) is 0. The van der Waals surface area contributed by atoms with E-state index in [1.165, 1.54) is 22.3 Å². The molecule has 1 aromatic heterocycles. The molecule has 0 saturated carbocycles. The number of rotatable bonds is 5. The van der Waals surface area contributed by atoms with Crippen molar-refractivity contribution in [2.75, 3.05) is 6.54 Å². The van der Waals surface area contributed by atoms with Crippen molar-refractivity contribution in [1.29, 1.82) is 0 Å². The highest BCUT2D eigenvalue weighted by atomic mass is 14.9. The molecule has 1 atom stereocenters. The molecule has 0 spiro atoms. The zero-order valence-electron chi connectivity index (χ0n) is 12.0. The Kier molecular flexibility index (Phi) is 4.69. The standard InChI is InChI=1S/C17H22N2/c1-4-7-19-17(15-5-8-18-9-6-15)16-11-13(2)10-14(3)12-16/h5-6,8-12,17,19H,4,7H2,1-3H3. The van der Waals surface area contributed by atoms with Gasteiger partial charge in [0.15, 0.2) is 0 Å². The molecule has 2 aromatic rings. The van der Waals surface area contributed by atoms with E-state index >= 15 is 0 Å². The Balaban J connectivity index is 2.36. The molecule has 1 heterocycles. The van der Waals surface area contributed by atoms with Crippen LogP contribution in [0.3, 0.4) is 0 Å². The molecule has 0 bridgehead atoms. The predicted molar refractivity (Wildman–Crippen MR) is 80.3 cm³/mol. The first kappa shape index (κ1) is 13.8. The average molecular weight is 254 g/mol. The first-order valence-corrected chi connectivity index (χ1v) is 6.92. The third-order valence-electron chi connectivity index (χ3n) is 3.22. The van der Waals surface area contributed by atoms with Crippen LogP contribution in [0, 0.1) is 13.8 Å². The molecule has 1 unspecified atom stereocenters. The Morgan fingerprint density at radius 2 is 1.63 bits per heavy atom. The van der Waals surface area contributed by atoms with Gasteiger partial charge < -0.3 is 5.32 Å². The predicted octanol–water partition coefficient (Wildman–Crippen LogP) is 3.79. The van der Waals surface area contributed by atoms with Gasteiger partial charge in [-0.25, -0.2) is 0 Å². The lowest BCUT2D eigenvalue weighted by Gasteiger charge is -2.20. The Bertz CT molecular complexity index is 500. The average Bonchev–Trinajstić information content (AvgIpc) is 2.39. The van der Waals surface area contributed by atoms with E-state index in [1.54, 1.807) is 0 Å². The smallest absolute Gasteiger partial charge is 0.0578 e. The molecule has 0 saturated heterocycles. The van der Waals surface area contributed by atoms with Crippen molar-refractivity contribution in [3.05, 3.63) is 65.0 Å². The second-order valence-electron chi connectivity index (χ2n) is 5.09. The monoisotopic (exact) mass is 254 g/mol. The molecular weight excluding hydrogens is 232 g/mol. The van der Waals surface area contributed by atoms with E-state index < -0.39 is 0 Å². The van der Waals surface area contributed by atoms with Gasteiger partial charge in [-0.2, -0.15) is 0 Å². The fourth-order valence-corrected chi connectivity index (χ4v) is 2.45. The van der Waals surface area contributed by atoms with E-state index in [9.17, 15) is 0 Å². The zero-order chi connectivity index (χ0) is 13.7. The van der Waals surface area contributed by atoms with E-state index in [1.807, 2.05) is 12.4 Å². The molecule has 2 nitrogen and oxygen atoms in total. The van der Waals surface area contributed by atoms with E-state index in [2.05, 4.69) is 61.4 Å². The third kappa shape index (κ3) is 3.65. The molecule has 100 valence electrons. The van der Waals surface area contributed by atoms with Crippen molar-refractivity contribution in [3.63, 3.8) is 0 Å². The normalized spacial score (nSPS) is 12.4. The van der Waals surface area contributed by atoms with Crippen molar-refractivity contribution >= 4 is 0 Å². The van der Waals surface area contributed by atoms with Crippen molar-refractivity contribution in [1.82, 2.24) is 10.3 Å². The summed E-state index contributed by atoms with van der Waals surface area (Å²) in [6.45, 7) is 7.51. The van der Waals surface area contributed by atoms with Gasteiger partial charge in [-0.05, 0) is 50.1 Å². The summed E-state index contributed by atoms with van der Waals surface area (Å²) >= 11 is 0. The maximum absolute atomic E-state index is 4.11. The summed E-state index contributed by atoms with van der Waals surface area (Å²) in [4.78, 5) is 4.11. The van der Waals surface area contributed by atoms with E-state index in [-0.39, 0.29) is 6.04 Å². The minimum Gasteiger partial charge on any atom is -0.306 e. The molecular formula is C17H22N2. The van der Waals surface area contributed by atoms with Crippen molar-refractivity contribution in [2.45, 2.75) is 33.2 Å². The van der Waals surface area contributed by atoms with Crippen LogP contribution < -0.4 is 5.32 Å². The minimum atomic E-state index is 0.251. The third-order valence-corrected chi connectivity index (χ3v) is 3.22. The van der Waals surface area contributed by atoms with Crippen LogP contribution in [0.15, 0.2) is 42.7 Å². The van der Waals surface area contributed by atoms with Crippen LogP contribution in [0.25, 0.3) is 0 Å². The fraction of sp³-hybridized carbons (Fsp3) is 0.353. The minimum absolute atomic E-state index is 0.251. The lowest BCUT2D eigenvalue weighted by molar-refractivity contribution is 0.597. The zero-order valence-corrected chi connectivity index (χ0v) is 12.0. The van der Waals surface area contributed by atoms with Gasteiger partial charge in [0.05, 0.1) is 6.04 Å². The molecule has 2 rings (SSSR count). The number of aromatic nitrogens is 1. The molecule has 2 heteroatoms. The summed E-state index contributed by atoms with van der Waals surface area (Å²) in [5.41, 5.74) is 5.23. The van der Waals surface area contributed by atoms with Gasteiger partial charge in [0, 0.05) is 12.4 Å². The maximum Gasteiger partial charge on any atom is 0.0578 e. The highest BCUT2D eigenvalue weighted by molar-refractivity contribution is 5.36. The Morgan fingerprint density at radius 1 is 1.00 bits per heavy atom. The van der Waals surface area contributed by atoms with E-state index in [4.69, 9.17) is 0 Å². The molecule has 0 radical (unpaired) electrons. The SMILES string of the molecule is CCCNC(c1ccncc1)c1cc(C)cc(C)c1. The number of nitrogens with one attached hydrogen (secondary N) is 1. The fourth-order valence-electron chi connectivity index (χ4n) is 2.45. The van der Waals surface area contributed by atoms with Crippen LogP contribution in [0.2, 0.25) is 0 Å². The summed E-state index contributed by atoms with van der Waals surface area (Å²) in [6.07, 6.45) is 4.85. The van der Waals surface area contributed by atoms with Crippen molar-refractivity contribution in [3.8, 4) is 0 Å². The molecule has 0 fully saturated rings. The summed E-state index contributed by atoms with van der Waals surface area (Å²) in [5.74, 6) is 0. The van der Waals surface area contributed by atoms with Gasteiger partial charge in [-0.15, -0.1) is 0 Å². The van der Waals surface area contributed by atoms with Crippen LogP contribution in [0.1, 0.15) is 41.6 Å². The number of benzene rings is 1. The van der Waals surface area contributed by atoms with Crippen LogP contribution >= 0.6 is 0 Å². The number of hydrogen-bond acceptors (Lipinski definition) is 2. The van der Waals surface area contributed by atoms with E-state index in [0.29, 0.717) is 0 Å². The number of hydrogen-bond donors (Lipinski definition) is 1. The van der Waals surface area contributed by atoms with Crippen LogP contribution in [-0.2, 0) is 0 Å². The Hall–Kier alpha value is -1.67. The van der Waals surface area contributed by atoms with Gasteiger partial charge >= 0.3 is 0 Å². The van der Waals surface area contributed by atoms with Crippen molar-refractivity contribution < 1.29 is 0 Å². The first-order valence-electron chi connectivity index (χ1n) is 6.92. The quantitative estimate of drug-likeness (QED) is 0.878. The van der Waals surface area contributed by atoms with Gasteiger partial charge in [0.2, 0.25) is 0 Å². The molecule has 19 heavy (non-hydrogen) atoms. The summed E-state index contributed by atoms with van der Waals surface area (Å²) < 4.78 is 0. The van der Waals surface area contributed by atoms with Gasteiger partial charge in [0.25, 0.3) is 0 Å².